The van der Waals surface area contributed by atoms with Gasteiger partial charge in [0.2, 0.25) is 5.91 Å². The van der Waals surface area contributed by atoms with Crippen LogP contribution in [0.15, 0.2) is 42.7 Å². The van der Waals surface area contributed by atoms with Crippen LogP contribution in [-0.4, -0.2) is 52.7 Å². The zero-order valence-electron chi connectivity index (χ0n) is 21.4. The highest BCUT2D eigenvalue weighted by Crippen LogP contribution is 2.50. The lowest BCUT2D eigenvalue weighted by molar-refractivity contribution is -0.286. The number of nitrogens with one attached hydrogen (secondary N) is 1. The average Bonchev–Trinajstić information content (AvgIpc) is 3.45. The average molecular weight is 558 g/mol. The van der Waals surface area contributed by atoms with Crippen LogP contribution in [0.3, 0.4) is 0 Å². The fourth-order valence-corrected chi connectivity index (χ4v) is 5.01. The third kappa shape index (κ3) is 4.40. The van der Waals surface area contributed by atoms with Crippen LogP contribution in [0.5, 0.6) is 28.7 Å². The van der Waals surface area contributed by atoms with Gasteiger partial charge < -0.3 is 39.2 Å². The molecule has 4 heterocycles. The molecule has 0 radical (unpaired) electrons. The van der Waals surface area contributed by atoms with Crippen molar-refractivity contribution in [3.8, 4) is 28.7 Å². The first kappa shape index (κ1) is 26.0. The van der Waals surface area contributed by atoms with E-state index in [1.165, 1.54) is 31.6 Å². The summed E-state index contributed by atoms with van der Waals surface area (Å²) in [7, 11) is 1.53. The zero-order valence-corrected chi connectivity index (χ0v) is 21.4. The molecule has 4 atom stereocenters. The molecule has 0 bridgehead atoms. The lowest BCUT2D eigenvalue weighted by atomic mass is 9.82. The van der Waals surface area contributed by atoms with Crippen molar-refractivity contribution in [2.24, 2.45) is 0 Å². The quantitative estimate of drug-likeness (QED) is 0.414. The van der Waals surface area contributed by atoms with Gasteiger partial charge in [-0.2, -0.15) is 0 Å². The van der Waals surface area contributed by atoms with Crippen LogP contribution in [0, 0.1) is 0 Å². The van der Waals surface area contributed by atoms with E-state index in [0.717, 1.165) is 0 Å². The molecule has 3 aliphatic rings. The van der Waals surface area contributed by atoms with E-state index in [0.29, 0.717) is 34.7 Å². The van der Waals surface area contributed by atoms with Gasteiger partial charge in [-0.15, -0.1) is 8.78 Å². The van der Waals surface area contributed by atoms with E-state index < -0.39 is 42.5 Å². The van der Waals surface area contributed by atoms with E-state index in [-0.39, 0.29) is 29.5 Å². The maximum Gasteiger partial charge on any atom is 0.586 e. The molecule has 3 aromatic rings. The molecule has 0 saturated heterocycles. The molecule has 0 unspecified atom stereocenters. The maximum atomic E-state index is 13.8. The van der Waals surface area contributed by atoms with Crippen LogP contribution in [0.25, 0.3) is 0 Å². The fourth-order valence-electron chi connectivity index (χ4n) is 5.01. The Kier molecular flexibility index (Phi) is 6.15. The summed E-state index contributed by atoms with van der Waals surface area (Å²) >= 11 is 0. The summed E-state index contributed by atoms with van der Waals surface area (Å²) in [5, 5.41) is 22.1. The number of carbonyl (C=O) groups is 1. The van der Waals surface area contributed by atoms with Crippen LogP contribution in [-0.2, 0) is 10.2 Å². The van der Waals surface area contributed by atoms with Crippen LogP contribution >= 0.6 is 0 Å². The molecule has 11 nitrogen and oxygen atoms in total. The maximum absolute atomic E-state index is 13.8. The summed E-state index contributed by atoms with van der Waals surface area (Å²) in [6.07, 6.45) is -2.48. The Bertz CT molecular complexity index is 1470. The fraction of sp³-hybridized carbons (Fsp3) is 0.370. The number of amides is 1. The Morgan fingerprint density at radius 3 is 2.62 bits per heavy atom. The summed E-state index contributed by atoms with van der Waals surface area (Å²) in [5.41, 5.74) is 0.552. The number of carbonyl (C=O) groups excluding carboxylic acids is 1. The number of rotatable bonds is 6. The van der Waals surface area contributed by atoms with E-state index in [2.05, 4.69) is 24.8 Å². The molecule has 3 aliphatic heterocycles. The Hall–Kier alpha value is -4.23. The van der Waals surface area contributed by atoms with Crippen LogP contribution in [0.2, 0.25) is 0 Å². The minimum atomic E-state index is -3.80. The van der Waals surface area contributed by atoms with Crippen LogP contribution in [0.4, 0.5) is 8.78 Å². The molecule has 0 fully saturated rings. The predicted octanol–water partition coefficient (Wildman–Crippen LogP) is 2.86. The second-order valence-electron chi connectivity index (χ2n) is 9.92. The predicted molar refractivity (Wildman–Crippen MR) is 131 cm³/mol. The molecular weight excluding hydrogens is 532 g/mol. The van der Waals surface area contributed by atoms with Gasteiger partial charge in [0.1, 0.15) is 41.5 Å². The van der Waals surface area contributed by atoms with E-state index in [4.69, 9.17) is 14.2 Å². The van der Waals surface area contributed by atoms with E-state index in [1.54, 1.807) is 25.1 Å². The Balaban J connectivity index is 1.29. The first-order valence-electron chi connectivity index (χ1n) is 12.4. The Morgan fingerprint density at radius 1 is 1.15 bits per heavy atom. The smallest absolute Gasteiger partial charge is 0.497 e. The summed E-state index contributed by atoms with van der Waals surface area (Å²) in [6.45, 7) is 1.15. The van der Waals surface area contributed by atoms with Gasteiger partial charge in [-0.05, 0) is 25.1 Å². The normalized spacial score (nSPS) is 24.2. The van der Waals surface area contributed by atoms with Gasteiger partial charge >= 0.3 is 6.29 Å². The van der Waals surface area contributed by atoms with Crippen molar-refractivity contribution in [3.63, 3.8) is 0 Å². The highest BCUT2D eigenvalue weighted by molar-refractivity contribution is 5.90. The van der Waals surface area contributed by atoms with Crippen molar-refractivity contribution in [1.82, 2.24) is 15.3 Å². The third-order valence-corrected chi connectivity index (χ3v) is 7.27. The van der Waals surface area contributed by atoms with Gasteiger partial charge in [-0.1, -0.05) is 0 Å². The lowest BCUT2D eigenvalue weighted by Crippen LogP contribution is -2.46. The number of hydrogen-bond donors (Lipinski definition) is 3. The second kappa shape index (κ2) is 9.45. The molecule has 13 heteroatoms. The minimum Gasteiger partial charge on any atom is -0.497 e. The molecule has 0 spiro atoms. The van der Waals surface area contributed by atoms with Gasteiger partial charge in [-0.25, -0.2) is 0 Å². The molecule has 210 valence electrons. The number of nitrogens with zero attached hydrogens (tertiary/aromatic N) is 2. The number of benzene rings is 2. The number of aliphatic hydroxyl groups is 2. The molecule has 2 aromatic carbocycles. The number of aromatic nitrogens is 2. The van der Waals surface area contributed by atoms with Crippen molar-refractivity contribution >= 4 is 5.91 Å². The van der Waals surface area contributed by atoms with Gasteiger partial charge in [0, 0.05) is 29.7 Å². The van der Waals surface area contributed by atoms with Gasteiger partial charge in [0.05, 0.1) is 43.5 Å². The van der Waals surface area contributed by atoms with Crippen molar-refractivity contribution in [2.45, 2.75) is 43.3 Å². The summed E-state index contributed by atoms with van der Waals surface area (Å²) in [5.74, 6) is 0.549. The van der Waals surface area contributed by atoms with Crippen molar-refractivity contribution in [2.75, 3.05) is 20.3 Å². The molecule has 1 aromatic heterocycles. The molecule has 6 rings (SSSR count). The van der Waals surface area contributed by atoms with Crippen LogP contribution in [0.1, 0.15) is 54.1 Å². The number of methoxy groups -OCH3 is 1. The van der Waals surface area contributed by atoms with Crippen LogP contribution < -0.4 is 29.0 Å². The van der Waals surface area contributed by atoms with Gasteiger partial charge in [0.15, 0.2) is 11.5 Å². The SMILES string of the molecule is COc1ccc2c(c1)O[C@@H](c1cnc([C@@H](O)CO)cn1)C[C@H]2NC(=O)[C@@]1(C)COc2cc3c(cc21)OC(F)(F)O3. The molecule has 0 aliphatic carbocycles. The first-order chi connectivity index (χ1) is 19.1. The highest BCUT2D eigenvalue weighted by atomic mass is 19.3. The lowest BCUT2D eigenvalue weighted by Gasteiger charge is -2.34. The molecule has 40 heavy (non-hydrogen) atoms. The van der Waals surface area contributed by atoms with Gasteiger partial charge in [-0.3, -0.25) is 14.8 Å². The monoisotopic (exact) mass is 557 g/mol. The summed E-state index contributed by atoms with van der Waals surface area (Å²) < 4.78 is 53.6. The minimum absolute atomic E-state index is 0.0182. The molecule has 1 amide bonds. The standard InChI is InChI=1S/C27H25F2N3O8/c1-26(12-37-21-8-24-23(6-15(21)26)39-27(28,29)40-24)25(35)32-16-7-22(18-10-30-17(9-31-18)19(34)11-33)38-20-5-13(36-2)3-4-14(16)20/h3-6,8-10,16,19,22,33-34H,7,11-12H2,1-2H3,(H,32,35)/t16-,19+,22-,26+/m1/s1. The number of fused-ring (bicyclic) bond motifs is 3. The Labute approximate surface area is 226 Å². The summed E-state index contributed by atoms with van der Waals surface area (Å²) in [4.78, 5) is 22.3. The van der Waals surface area contributed by atoms with E-state index in [9.17, 15) is 23.8 Å². The summed E-state index contributed by atoms with van der Waals surface area (Å²) in [6, 6.07) is 7.37. The first-order valence-corrected chi connectivity index (χ1v) is 12.4. The van der Waals surface area contributed by atoms with E-state index >= 15 is 0 Å². The Morgan fingerprint density at radius 2 is 1.93 bits per heavy atom. The number of aliphatic hydroxyl groups excluding tert-OH is 2. The van der Waals surface area contributed by atoms with E-state index in [1.807, 2.05) is 0 Å². The topological polar surface area (TPSA) is 141 Å². The third-order valence-electron chi connectivity index (χ3n) is 7.27. The number of ether oxygens (including phenoxy) is 5. The van der Waals surface area contributed by atoms with Gasteiger partial charge in [0.25, 0.3) is 0 Å². The molecule has 0 saturated carbocycles. The van der Waals surface area contributed by atoms with Crippen molar-refractivity contribution < 1.29 is 47.5 Å². The van der Waals surface area contributed by atoms with Crippen molar-refractivity contribution in [3.05, 3.63) is 65.2 Å². The second-order valence-corrected chi connectivity index (χ2v) is 9.92. The molecule has 3 N–H and O–H groups in total. The number of alkyl halides is 2. The largest absolute Gasteiger partial charge is 0.586 e. The molecular formula is C27H25F2N3O8. The number of halogens is 2. The zero-order chi connectivity index (χ0) is 28.2. The number of hydrogen-bond acceptors (Lipinski definition) is 10. The highest BCUT2D eigenvalue weighted by Gasteiger charge is 2.49. The van der Waals surface area contributed by atoms with Crippen molar-refractivity contribution in [1.29, 1.82) is 0 Å².